The van der Waals surface area contributed by atoms with Gasteiger partial charge in [-0.05, 0) is 28.6 Å². The van der Waals surface area contributed by atoms with E-state index in [9.17, 15) is 25.9 Å². The van der Waals surface area contributed by atoms with Crippen LogP contribution in [0.25, 0.3) is 39.6 Å². The van der Waals surface area contributed by atoms with Crippen LogP contribution in [0, 0.1) is 0 Å². The lowest BCUT2D eigenvalue weighted by Gasteiger charge is -2.13. The van der Waals surface area contributed by atoms with Crippen LogP contribution < -0.4 is 0 Å². The first kappa shape index (κ1) is 22.9. The summed E-state index contributed by atoms with van der Waals surface area (Å²) in [4.78, 5) is -1.07. The quantitative estimate of drug-likeness (QED) is 0.266. The van der Waals surface area contributed by atoms with E-state index >= 15 is 0 Å². The van der Waals surface area contributed by atoms with Crippen LogP contribution in [-0.4, -0.2) is 40.9 Å². The first-order chi connectivity index (χ1) is 16.6. The lowest BCUT2D eigenvalue weighted by atomic mass is 10.1. The summed E-state index contributed by atoms with van der Waals surface area (Å²) in [6, 6.07) is 22.3. The third-order valence-electron chi connectivity index (χ3n) is 5.38. The first-order valence-corrected chi connectivity index (χ1v) is 13.1. The molecule has 4 aromatic carbocycles. The molecule has 5 rings (SSSR count). The van der Waals surface area contributed by atoms with Gasteiger partial charge in [-0.2, -0.15) is 16.8 Å². The molecule has 0 amide bonds. The summed E-state index contributed by atoms with van der Waals surface area (Å²) in [6.07, 6.45) is 2.88. The number of hydrogen-bond donors (Lipinski definition) is 2. The lowest BCUT2D eigenvalue weighted by molar-refractivity contribution is 0.465. The van der Waals surface area contributed by atoms with Crippen LogP contribution in [0.4, 0.5) is 0 Å². The van der Waals surface area contributed by atoms with E-state index in [1.807, 2.05) is 30.3 Å². The van der Waals surface area contributed by atoms with Crippen molar-refractivity contribution in [3.63, 3.8) is 0 Å². The summed E-state index contributed by atoms with van der Waals surface area (Å²) < 4.78 is 69.6. The Kier molecular flexibility index (Phi) is 5.49. The second-order valence-corrected chi connectivity index (χ2v) is 10.4. The van der Waals surface area contributed by atoms with Crippen LogP contribution in [0.2, 0.25) is 0 Å². The molecule has 2 N–H and O–H groups in total. The van der Waals surface area contributed by atoms with Crippen LogP contribution in [0.3, 0.4) is 0 Å². The third-order valence-corrected chi connectivity index (χ3v) is 7.40. The van der Waals surface area contributed by atoms with E-state index in [-0.39, 0.29) is 11.3 Å². The predicted octanol–water partition coefficient (Wildman–Crippen LogP) is 4.24. The summed E-state index contributed by atoms with van der Waals surface area (Å²) in [7, 11) is -10.3. The van der Waals surface area contributed by atoms with Gasteiger partial charge in [-0.25, -0.2) is 0 Å². The summed E-state index contributed by atoms with van der Waals surface area (Å²) in [5, 5.41) is 10.3. The van der Waals surface area contributed by atoms with Gasteiger partial charge in [0.1, 0.15) is 26.5 Å². The molecular weight excluding hydrogens is 490 g/mol. The highest BCUT2D eigenvalue weighted by Gasteiger charge is 2.31. The van der Waals surface area contributed by atoms with Gasteiger partial charge in [-0.3, -0.25) is 9.11 Å². The van der Waals surface area contributed by atoms with Gasteiger partial charge in [0, 0.05) is 5.39 Å². The van der Waals surface area contributed by atoms with Crippen molar-refractivity contribution < 1.29 is 25.9 Å². The van der Waals surface area contributed by atoms with E-state index in [2.05, 4.69) is 10.2 Å². The molecule has 0 atom stereocenters. The Balaban J connectivity index is 1.79. The normalized spacial score (nSPS) is 12.6. The maximum atomic E-state index is 12.4. The molecule has 11 heteroatoms. The molecule has 0 saturated heterocycles. The Morgan fingerprint density at radius 2 is 1.37 bits per heavy atom. The highest BCUT2D eigenvalue weighted by atomic mass is 32.2. The minimum atomic E-state index is -5.15. The fourth-order valence-electron chi connectivity index (χ4n) is 3.88. The largest absolute Gasteiger partial charge is 0.298 e. The number of benzene rings is 4. The number of hydrogen-bond acceptors (Lipinski definition) is 6. The summed E-state index contributed by atoms with van der Waals surface area (Å²) in [5.74, 6) is 0. The minimum Gasteiger partial charge on any atom is -0.282 e. The van der Waals surface area contributed by atoms with E-state index in [0.717, 1.165) is 15.6 Å². The maximum absolute atomic E-state index is 12.4. The Bertz CT molecular complexity index is 1850. The Morgan fingerprint density at radius 1 is 0.686 bits per heavy atom. The number of aromatic nitrogens is 3. The van der Waals surface area contributed by atoms with Gasteiger partial charge in [0.05, 0.1) is 0 Å². The van der Waals surface area contributed by atoms with Gasteiger partial charge in [0.25, 0.3) is 20.2 Å². The SMILES string of the molecule is O=S(=O)(O)c1c(C=Cc2ccccc2)ccc(-n2nc3ccc4ccccc4c3n2)c1S(=O)(=O)O. The average molecular weight is 508 g/mol. The first-order valence-electron chi connectivity index (χ1n) is 10.2. The number of rotatable bonds is 5. The molecule has 0 aliphatic heterocycles. The van der Waals surface area contributed by atoms with Crippen molar-refractivity contribution >= 4 is 54.2 Å². The van der Waals surface area contributed by atoms with Gasteiger partial charge in [0.2, 0.25) is 0 Å². The zero-order chi connectivity index (χ0) is 24.8. The minimum absolute atomic E-state index is 0.144. The van der Waals surface area contributed by atoms with Crippen LogP contribution in [0.5, 0.6) is 0 Å². The summed E-state index contributed by atoms with van der Waals surface area (Å²) >= 11 is 0. The zero-order valence-electron chi connectivity index (χ0n) is 17.8. The molecule has 0 fully saturated rings. The molecule has 1 heterocycles. The highest BCUT2D eigenvalue weighted by molar-refractivity contribution is 7.89. The molecular formula is C24H17N3O6S2. The third kappa shape index (κ3) is 4.33. The second-order valence-electron chi connectivity index (χ2n) is 7.67. The molecule has 0 aliphatic carbocycles. The standard InChI is InChI=1S/C24H17N3O6S2/c28-34(29,30)23-18(11-10-16-6-2-1-3-7-16)13-15-21(24(23)35(31,32)33)27-25-20-14-12-17-8-4-5-9-19(17)22(20)26-27/h1-15H,(H,28,29,30)(H,31,32,33). The molecule has 9 nitrogen and oxygen atoms in total. The Labute approximate surface area is 200 Å². The van der Waals surface area contributed by atoms with Crippen molar-refractivity contribution in [3.8, 4) is 5.69 Å². The molecule has 0 bridgehead atoms. The lowest BCUT2D eigenvalue weighted by Crippen LogP contribution is -2.15. The van der Waals surface area contributed by atoms with E-state index in [4.69, 9.17) is 0 Å². The number of nitrogens with zero attached hydrogens (tertiary/aromatic N) is 3. The molecule has 35 heavy (non-hydrogen) atoms. The topological polar surface area (TPSA) is 139 Å². The van der Waals surface area contributed by atoms with Gasteiger partial charge in [0.15, 0.2) is 0 Å². The highest BCUT2D eigenvalue weighted by Crippen LogP contribution is 2.33. The van der Waals surface area contributed by atoms with Crippen molar-refractivity contribution in [3.05, 3.63) is 90.0 Å². The summed E-state index contributed by atoms with van der Waals surface area (Å²) in [5.41, 5.74) is 1.10. The second kappa shape index (κ2) is 8.40. The van der Waals surface area contributed by atoms with Crippen molar-refractivity contribution in [2.24, 2.45) is 0 Å². The number of fused-ring (bicyclic) bond motifs is 3. The molecule has 176 valence electrons. The fraction of sp³-hybridized carbons (Fsp3) is 0. The van der Waals surface area contributed by atoms with Crippen molar-refractivity contribution in [1.29, 1.82) is 0 Å². The average Bonchev–Trinajstić information content (AvgIpc) is 3.26. The van der Waals surface area contributed by atoms with Crippen LogP contribution in [0.1, 0.15) is 11.1 Å². The maximum Gasteiger partial charge on any atom is 0.298 e. The van der Waals surface area contributed by atoms with Gasteiger partial charge in [-0.1, -0.05) is 78.9 Å². The Hall–Kier alpha value is -3.90. The van der Waals surface area contributed by atoms with Crippen molar-refractivity contribution in [1.82, 2.24) is 15.0 Å². The molecule has 5 aromatic rings. The van der Waals surface area contributed by atoms with Crippen LogP contribution in [0.15, 0.2) is 88.7 Å². The molecule has 0 spiro atoms. The Morgan fingerprint density at radius 3 is 2.09 bits per heavy atom. The van der Waals surface area contributed by atoms with Crippen LogP contribution in [-0.2, 0) is 20.2 Å². The zero-order valence-corrected chi connectivity index (χ0v) is 19.5. The molecule has 0 aliphatic rings. The predicted molar refractivity (Wildman–Crippen MR) is 131 cm³/mol. The van der Waals surface area contributed by atoms with Crippen LogP contribution >= 0.6 is 0 Å². The van der Waals surface area contributed by atoms with E-state index in [0.29, 0.717) is 16.6 Å². The van der Waals surface area contributed by atoms with E-state index < -0.39 is 30.0 Å². The molecule has 0 unspecified atom stereocenters. The van der Waals surface area contributed by atoms with Crippen molar-refractivity contribution in [2.75, 3.05) is 0 Å². The molecule has 1 aromatic heterocycles. The monoisotopic (exact) mass is 507 g/mol. The van der Waals surface area contributed by atoms with Gasteiger partial charge < -0.3 is 0 Å². The van der Waals surface area contributed by atoms with Gasteiger partial charge >= 0.3 is 0 Å². The van der Waals surface area contributed by atoms with Gasteiger partial charge in [-0.15, -0.1) is 15.0 Å². The van der Waals surface area contributed by atoms with E-state index in [1.165, 1.54) is 18.2 Å². The molecule has 0 saturated carbocycles. The summed E-state index contributed by atoms with van der Waals surface area (Å²) in [6.45, 7) is 0. The van der Waals surface area contributed by atoms with E-state index in [1.54, 1.807) is 42.5 Å². The fourth-order valence-corrected chi connectivity index (χ4v) is 6.05. The molecule has 0 radical (unpaired) electrons. The smallest absolute Gasteiger partial charge is 0.282 e. The van der Waals surface area contributed by atoms with Crippen molar-refractivity contribution in [2.45, 2.75) is 9.79 Å².